The number of benzene rings is 1. The number of rotatable bonds is 5. The molecule has 0 unspecified atom stereocenters. The third-order valence-corrected chi connectivity index (χ3v) is 4.18. The summed E-state index contributed by atoms with van der Waals surface area (Å²) in [5.41, 5.74) is 0. The van der Waals surface area contributed by atoms with Crippen LogP contribution in [0.3, 0.4) is 0 Å². The molecule has 1 aromatic heterocycles. The van der Waals surface area contributed by atoms with E-state index in [1.807, 2.05) is 0 Å². The van der Waals surface area contributed by atoms with E-state index in [9.17, 15) is 9.59 Å². The highest BCUT2D eigenvalue weighted by molar-refractivity contribution is 9.10. The van der Waals surface area contributed by atoms with Crippen LogP contribution in [0.2, 0.25) is 5.02 Å². The summed E-state index contributed by atoms with van der Waals surface area (Å²) in [6.45, 7) is -0.194. The van der Waals surface area contributed by atoms with Crippen molar-refractivity contribution in [3.8, 4) is 5.75 Å². The van der Waals surface area contributed by atoms with Gasteiger partial charge < -0.3 is 15.2 Å². The van der Waals surface area contributed by atoms with E-state index in [0.717, 1.165) is 11.3 Å². The minimum atomic E-state index is -1.03. The molecule has 110 valence electrons. The smallest absolute Gasteiger partial charge is 0.345 e. The first-order valence-electron chi connectivity index (χ1n) is 5.66. The maximum Gasteiger partial charge on any atom is 0.345 e. The lowest BCUT2D eigenvalue weighted by Crippen LogP contribution is -2.19. The van der Waals surface area contributed by atoms with Gasteiger partial charge in [0.1, 0.15) is 10.6 Å². The Kier molecular flexibility index (Phi) is 5.22. The van der Waals surface area contributed by atoms with Crippen LogP contribution in [-0.2, 0) is 4.79 Å². The quantitative estimate of drug-likeness (QED) is 0.812. The van der Waals surface area contributed by atoms with Gasteiger partial charge in [-0.15, -0.1) is 11.3 Å². The summed E-state index contributed by atoms with van der Waals surface area (Å²) in [5.74, 6) is -0.913. The maximum absolute atomic E-state index is 11.7. The van der Waals surface area contributed by atoms with Crippen LogP contribution in [0.1, 0.15) is 9.67 Å². The Hall–Kier alpha value is -1.57. The number of halogens is 2. The highest BCUT2D eigenvalue weighted by atomic mass is 79.9. The number of ether oxygens (including phenoxy) is 1. The molecule has 1 aromatic carbocycles. The fraction of sp³-hybridized carbons (Fsp3) is 0.0769. The van der Waals surface area contributed by atoms with Gasteiger partial charge in [0.15, 0.2) is 6.61 Å². The molecule has 2 rings (SSSR count). The maximum atomic E-state index is 11.7. The lowest BCUT2D eigenvalue weighted by atomic mass is 10.3. The van der Waals surface area contributed by atoms with E-state index in [0.29, 0.717) is 20.2 Å². The number of hydrogen-bond acceptors (Lipinski definition) is 4. The number of hydrogen-bond donors (Lipinski definition) is 2. The summed E-state index contributed by atoms with van der Waals surface area (Å²) in [4.78, 5) is 22.6. The van der Waals surface area contributed by atoms with E-state index < -0.39 is 5.97 Å². The van der Waals surface area contributed by atoms with Gasteiger partial charge in [-0.25, -0.2) is 4.79 Å². The summed E-state index contributed by atoms with van der Waals surface area (Å²) in [6, 6.07) is 7.92. The molecule has 0 aliphatic heterocycles. The number of carbonyl (C=O) groups excluding carboxylic acids is 1. The van der Waals surface area contributed by atoms with Crippen LogP contribution >= 0.6 is 38.9 Å². The molecule has 21 heavy (non-hydrogen) atoms. The van der Waals surface area contributed by atoms with Gasteiger partial charge in [-0.3, -0.25) is 4.79 Å². The first kappa shape index (κ1) is 15.8. The number of thiophene rings is 1. The number of anilines is 1. The molecule has 5 nitrogen and oxygen atoms in total. The molecule has 0 aliphatic carbocycles. The molecule has 2 N–H and O–H groups in total. The topological polar surface area (TPSA) is 75.6 Å². The van der Waals surface area contributed by atoms with Gasteiger partial charge in [0.25, 0.3) is 5.91 Å². The average Bonchev–Trinajstić information content (AvgIpc) is 2.86. The largest absolute Gasteiger partial charge is 0.483 e. The van der Waals surface area contributed by atoms with Crippen molar-refractivity contribution in [3.63, 3.8) is 0 Å². The highest BCUT2D eigenvalue weighted by Gasteiger charge is 2.10. The fourth-order valence-electron chi connectivity index (χ4n) is 1.43. The molecular formula is C13H9BrClNO4S. The van der Waals surface area contributed by atoms with Crippen LogP contribution in [0.5, 0.6) is 5.75 Å². The molecular weight excluding hydrogens is 382 g/mol. The Morgan fingerprint density at radius 2 is 2.10 bits per heavy atom. The second-order valence-electron chi connectivity index (χ2n) is 3.88. The number of carboxylic acids is 1. The predicted molar refractivity (Wildman–Crippen MR) is 84.6 cm³/mol. The molecule has 1 heterocycles. The highest BCUT2D eigenvalue weighted by Crippen LogP contribution is 2.28. The number of amides is 1. The first-order valence-corrected chi connectivity index (χ1v) is 7.65. The van der Waals surface area contributed by atoms with Gasteiger partial charge in [-0.1, -0.05) is 11.6 Å². The molecule has 0 saturated heterocycles. The van der Waals surface area contributed by atoms with E-state index in [1.165, 1.54) is 12.1 Å². The molecule has 0 aliphatic rings. The van der Waals surface area contributed by atoms with Crippen molar-refractivity contribution in [2.45, 2.75) is 0 Å². The zero-order valence-electron chi connectivity index (χ0n) is 10.4. The monoisotopic (exact) mass is 389 g/mol. The number of carbonyl (C=O) groups is 2. The first-order chi connectivity index (χ1) is 9.95. The Bertz CT molecular complexity index is 689. The van der Waals surface area contributed by atoms with Crippen LogP contribution in [0.25, 0.3) is 0 Å². The van der Waals surface area contributed by atoms with Crippen molar-refractivity contribution in [1.82, 2.24) is 0 Å². The normalized spacial score (nSPS) is 10.2. The van der Waals surface area contributed by atoms with Crippen LogP contribution in [0.4, 0.5) is 5.00 Å². The number of aromatic carboxylic acids is 1. The summed E-state index contributed by atoms with van der Waals surface area (Å²) in [7, 11) is 0. The van der Waals surface area contributed by atoms with Crippen molar-refractivity contribution in [3.05, 3.63) is 44.7 Å². The number of carboxylic acid groups (broad SMARTS) is 1. The van der Waals surface area contributed by atoms with Gasteiger partial charge in [0.2, 0.25) is 0 Å². The van der Waals surface area contributed by atoms with E-state index in [4.69, 9.17) is 21.4 Å². The van der Waals surface area contributed by atoms with Crippen molar-refractivity contribution in [2.24, 2.45) is 0 Å². The van der Waals surface area contributed by atoms with Crippen LogP contribution in [0.15, 0.2) is 34.8 Å². The van der Waals surface area contributed by atoms with Gasteiger partial charge in [-0.2, -0.15) is 0 Å². The van der Waals surface area contributed by atoms with E-state index in [-0.39, 0.29) is 17.4 Å². The van der Waals surface area contributed by atoms with E-state index >= 15 is 0 Å². The van der Waals surface area contributed by atoms with Crippen LogP contribution in [-0.4, -0.2) is 23.6 Å². The third-order valence-electron chi connectivity index (χ3n) is 2.33. The Labute approximate surface area is 137 Å². The molecule has 0 radical (unpaired) electrons. The zero-order chi connectivity index (χ0) is 15.4. The van der Waals surface area contributed by atoms with Crippen molar-refractivity contribution < 1.29 is 19.4 Å². The average molecular weight is 391 g/mol. The van der Waals surface area contributed by atoms with E-state index in [2.05, 4.69) is 21.2 Å². The van der Waals surface area contributed by atoms with E-state index in [1.54, 1.807) is 18.2 Å². The molecule has 0 atom stereocenters. The van der Waals surface area contributed by atoms with Crippen molar-refractivity contribution in [1.29, 1.82) is 0 Å². The summed E-state index contributed by atoms with van der Waals surface area (Å²) >= 11 is 10.1. The Balaban J connectivity index is 1.91. The minimum Gasteiger partial charge on any atom is -0.483 e. The van der Waals surface area contributed by atoms with Crippen molar-refractivity contribution in [2.75, 3.05) is 11.9 Å². The lowest BCUT2D eigenvalue weighted by Gasteiger charge is -2.08. The van der Waals surface area contributed by atoms with Gasteiger partial charge in [0.05, 0.1) is 9.47 Å². The molecule has 0 saturated carbocycles. The third kappa shape index (κ3) is 4.45. The molecule has 1 amide bonds. The molecule has 0 bridgehead atoms. The SMILES string of the molecule is O=C(COc1ccc(Cl)cc1Br)Nc1ccc(C(=O)O)s1. The summed E-state index contributed by atoms with van der Waals surface area (Å²) in [6.07, 6.45) is 0. The van der Waals surface area contributed by atoms with Gasteiger partial charge >= 0.3 is 5.97 Å². The van der Waals surface area contributed by atoms with Crippen molar-refractivity contribution >= 4 is 55.7 Å². The minimum absolute atomic E-state index is 0.159. The zero-order valence-corrected chi connectivity index (χ0v) is 13.6. The fourth-order valence-corrected chi connectivity index (χ4v) is 2.99. The lowest BCUT2D eigenvalue weighted by molar-refractivity contribution is -0.118. The molecule has 0 spiro atoms. The summed E-state index contributed by atoms with van der Waals surface area (Å²) < 4.78 is 6.00. The van der Waals surface area contributed by atoms with Crippen LogP contribution in [0, 0.1) is 0 Å². The summed E-state index contributed by atoms with van der Waals surface area (Å²) in [5, 5.41) is 12.4. The molecule has 8 heteroatoms. The second-order valence-corrected chi connectivity index (χ2v) is 6.26. The Morgan fingerprint density at radius 3 is 2.71 bits per heavy atom. The molecule has 0 fully saturated rings. The predicted octanol–water partition coefficient (Wildman–Crippen LogP) is 3.88. The Morgan fingerprint density at radius 1 is 1.33 bits per heavy atom. The van der Waals surface area contributed by atoms with Gasteiger partial charge in [-0.05, 0) is 46.3 Å². The molecule has 2 aromatic rings. The van der Waals surface area contributed by atoms with Gasteiger partial charge in [0, 0.05) is 5.02 Å². The standard InChI is InChI=1S/C13H9BrClNO4S/c14-8-5-7(15)1-2-9(8)20-6-11(17)16-12-4-3-10(21-12)13(18)19/h1-5H,6H2,(H,16,17)(H,18,19). The van der Waals surface area contributed by atoms with Crippen LogP contribution < -0.4 is 10.1 Å². The number of nitrogens with one attached hydrogen (secondary N) is 1. The second kappa shape index (κ2) is 6.93.